The van der Waals surface area contributed by atoms with Crippen LogP contribution < -0.4 is 11.1 Å². The number of hydrogen-bond donors (Lipinski definition) is 2. The van der Waals surface area contributed by atoms with Gasteiger partial charge in [-0.05, 0) is 55.0 Å². The third-order valence-corrected chi connectivity index (χ3v) is 4.21. The summed E-state index contributed by atoms with van der Waals surface area (Å²) in [6, 6.07) is 11.1. The first-order valence-corrected chi connectivity index (χ1v) is 8.86. The molecule has 0 saturated heterocycles. The van der Waals surface area contributed by atoms with Gasteiger partial charge in [-0.1, -0.05) is 11.6 Å². The fraction of sp³-hybridized carbons (Fsp3) is 0.250. The van der Waals surface area contributed by atoms with E-state index in [1.807, 2.05) is 0 Å². The van der Waals surface area contributed by atoms with E-state index in [0.717, 1.165) is 0 Å². The first-order valence-electron chi connectivity index (χ1n) is 8.48. The molecule has 28 heavy (non-hydrogen) atoms. The van der Waals surface area contributed by atoms with Crippen molar-refractivity contribution in [2.75, 3.05) is 19.4 Å². The Hall–Kier alpha value is -2.90. The van der Waals surface area contributed by atoms with E-state index in [-0.39, 0.29) is 18.9 Å². The molecule has 148 valence electrons. The average molecular weight is 405 g/mol. The highest BCUT2D eigenvalue weighted by atomic mass is 35.5. The van der Waals surface area contributed by atoms with Crippen molar-refractivity contribution >= 4 is 35.0 Å². The number of Topliss-reactive ketones (excluding diaryl/α,β-unsaturated/α-hetero) is 1. The predicted octanol–water partition coefficient (Wildman–Crippen LogP) is 2.61. The van der Waals surface area contributed by atoms with Gasteiger partial charge in [0.1, 0.15) is 0 Å². The van der Waals surface area contributed by atoms with Crippen LogP contribution in [0.15, 0.2) is 42.5 Å². The Labute approximate surface area is 167 Å². The lowest BCUT2D eigenvalue weighted by atomic mass is 10.1. The van der Waals surface area contributed by atoms with E-state index in [1.54, 1.807) is 42.5 Å². The van der Waals surface area contributed by atoms with Crippen LogP contribution in [-0.4, -0.2) is 37.5 Å². The van der Waals surface area contributed by atoms with Gasteiger partial charge in [-0.3, -0.25) is 9.59 Å². The molecule has 2 aromatic rings. The molecule has 7 nitrogen and oxygen atoms in total. The van der Waals surface area contributed by atoms with Crippen LogP contribution in [0.25, 0.3) is 0 Å². The molecule has 0 fully saturated rings. The van der Waals surface area contributed by atoms with Crippen LogP contribution in [-0.2, 0) is 20.8 Å². The summed E-state index contributed by atoms with van der Waals surface area (Å²) in [7, 11) is 1.29. The molecule has 0 aliphatic rings. The second-order valence-electron chi connectivity index (χ2n) is 6.01. The van der Waals surface area contributed by atoms with E-state index in [0.29, 0.717) is 27.4 Å². The fourth-order valence-corrected chi connectivity index (χ4v) is 2.57. The molecule has 2 aromatic carbocycles. The molecule has 0 spiro atoms. The van der Waals surface area contributed by atoms with E-state index in [4.69, 9.17) is 22.1 Å². The number of nitrogen functional groups attached to an aromatic ring is 1. The number of carbonyl (C=O) groups is 3. The van der Waals surface area contributed by atoms with Gasteiger partial charge in [-0.15, -0.1) is 0 Å². The van der Waals surface area contributed by atoms with Crippen molar-refractivity contribution in [2.45, 2.75) is 19.6 Å². The van der Waals surface area contributed by atoms with Crippen molar-refractivity contribution in [3.63, 3.8) is 0 Å². The summed E-state index contributed by atoms with van der Waals surface area (Å²) in [6.07, 6.45) is -0.928. The van der Waals surface area contributed by atoms with Gasteiger partial charge in [-0.25, -0.2) is 4.79 Å². The van der Waals surface area contributed by atoms with Crippen molar-refractivity contribution in [2.24, 2.45) is 0 Å². The maximum absolute atomic E-state index is 12.3. The summed E-state index contributed by atoms with van der Waals surface area (Å²) in [5.41, 5.74) is 7.76. The van der Waals surface area contributed by atoms with Gasteiger partial charge in [0.05, 0.1) is 19.2 Å². The van der Waals surface area contributed by atoms with Crippen LogP contribution in [0.3, 0.4) is 0 Å². The van der Waals surface area contributed by atoms with Gasteiger partial charge in [0, 0.05) is 22.8 Å². The molecular formula is C20H21ClN2O5. The predicted molar refractivity (Wildman–Crippen MR) is 105 cm³/mol. The lowest BCUT2D eigenvalue weighted by Crippen LogP contribution is -2.30. The molecule has 1 unspecified atom stereocenters. The number of benzene rings is 2. The molecule has 1 atom stereocenters. The molecule has 0 radical (unpaired) electrons. The van der Waals surface area contributed by atoms with Crippen LogP contribution in [0.2, 0.25) is 5.02 Å². The van der Waals surface area contributed by atoms with Gasteiger partial charge in [0.15, 0.2) is 6.10 Å². The number of esters is 2. The summed E-state index contributed by atoms with van der Waals surface area (Å²) < 4.78 is 9.82. The largest absolute Gasteiger partial charge is 0.465 e. The fourth-order valence-electron chi connectivity index (χ4n) is 2.44. The summed E-state index contributed by atoms with van der Waals surface area (Å²) in [5.74, 6) is -1.38. The number of rotatable bonds is 8. The Morgan fingerprint density at radius 1 is 1.11 bits per heavy atom. The number of nitrogens with one attached hydrogen (secondary N) is 1. The normalized spacial score (nSPS) is 11.5. The van der Waals surface area contributed by atoms with Crippen LogP contribution in [0.4, 0.5) is 5.69 Å². The van der Waals surface area contributed by atoms with Crippen LogP contribution >= 0.6 is 11.6 Å². The number of methoxy groups -OCH3 is 1. The molecule has 0 heterocycles. The summed E-state index contributed by atoms with van der Waals surface area (Å²) in [4.78, 5) is 35.8. The highest BCUT2D eigenvalue weighted by Crippen LogP contribution is 2.15. The summed E-state index contributed by atoms with van der Waals surface area (Å²) in [5, 5.41) is 3.40. The third kappa shape index (κ3) is 5.80. The first kappa shape index (κ1) is 21.4. The zero-order chi connectivity index (χ0) is 20.7. The van der Waals surface area contributed by atoms with Gasteiger partial charge in [0.2, 0.25) is 5.78 Å². The average Bonchev–Trinajstić information content (AvgIpc) is 2.68. The SMILES string of the molecule is COC(=O)c1ccc(N)c(CNCC(=O)OC(C)C(=O)c2ccc(Cl)cc2)c1. The molecule has 3 N–H and O–H groups in total. The number of halogens is 1. The molecular weight excluding hydrogens is 384 g/mol. The number of ether oxygens (including phenoxy) is 2. The zero-order valence-electron chi connectivity index (χ0n) is 15.5. The summed E-state index contributed by atoms with van der Waals surface area (Å²) >= 11 is 5.79. The zero-order valence-corrected chi connectivity index (χ0v) is 16.3. The standard InChI is InChI=1S/C20H21ClN2O5/c1-12(19(25)13-3-6-16(21)7-4-13)28-18(24)11-23-10-15-9-14(20(26)27-2)5-8-17(15)22/h3-9,12,23H,10-11,22H2,1-2H3. The molecule has 0 saturated carbocycles. The number of ketones is 1. The third-order valence-electron chi connectivity index (χ3n) is 3.96. The Kier molecular flexibility index (Phi) is 7.54. The molecule has 8 heteroatoms. The van der Waals surface area contributed by atoms with E-state index in [2.05, 4.69) is 10.1 Å². The van der Waals surface area contributed by atoms with E-state index in [1.165, 1.54) is 14.0 Å². The molecule has 0 bridgehead atoms. The summed E-state index contributed by atoms with van der Waals surface area (Å²) in [6.45, 7) is 1.62. The minimum Gasteiger partial charge on any atom is -0.465 e. The topological polar surface area (TPSA) is 108 Å². The molecule has 2 rings (SSSR count). The minimum absolute atomic E-state index is 0.125. The highest BCUT2D eigenvalue weighted by Gasteiger charge is 2.19. The highest BCUT2D eigenvalue weighted by molar-refractivity contribution is 6.30. The monoisotopic (exact) mass is 404 g/mol. The Morgan fingerprint density at radius 2 is 1.75 bits per heavy atom. The Bertz CT molecular complexity index is 867. The minimum atomic E-state index is -0.928. The Morgan fingerprint density at radius 3 is 2.39 bits per heavy atom. The maximum Gasteiger partial charge on any atom is 0.337 e. The molecule has 0 amide bonds. The van der Waals surface area contributed by atoms with Crippen molar-refractivity contribution < 1.29 is 23.9 Å². The number of hydrogen-bond acceptors (Lipinski definition) is 7. The van der Waals surface area contributed by atoms with E-state index >= 15 is 0 Å². The lowest BCUT2D eigenvalue weighted by molar-refractivity contribution is -0.145. The molecule has 0 aromatic heterocycles. The van der Waals surface area contributed by atoms with E-state index in [9.17, 15) is 14.4 Å². The van der Waals surface area contributed by atoms with Crippen molar-refractivity contribution in [1.82, 2.24) is 5.32 Å². The van der Waals surface area contributed by atoms with Gasteiger partial charge < -0.3 is 20.5 Å². The van der Waals surface area contributed by atoms with Gasteiger partial charge in [0.25, 0.3) is 0 Å². The molecule has 0 aliphatic heterocycles. The smallest absolute Gasteiger partial charge is 0.337 e. The maximum atomic E-state index is 12.3. The van der Waals surface area contributed by atoms with Crippen LogP contribution in [0.1, 0.15) is 33.2 Å². The first-order chi connectivity index (χ1) is 13.3. The number of anilines is 1. The van der Waals surface area contributed by atoms with E-state index < -0.39 is 18.0 Å². The second-order valence-corrected chi connectivity index (χ2v) is 6.45. The van der Waals surface area contributed by atoms with Crippen molar-refractivity contribution in [3.8, 4) is 0 Å². The van der Waals surface area contributed by atoms with Crippen molar-refractivity contribution in [3.05, 3.63) is 64.2 Å². The number of carbonyl (C=O) groups excluding carboxylic acids is 3. The second kappa shape index (κ2) is 9.87. The molecule has 0 aliphatic carbocycles. The van der Waals surface area contributed by atoms with Gasteiger partial charge in [-0.2, -0.15) is 0 Å². The van der Waals surface area contributed by atoms with Crippen LogP contribution in [0.5, 0.6) is 0 Å². The Balaban J connectivity index is 1.86. The van der Waals surface area contributed by atoms with Crippen molar-refractivity contribution in [1.29, 1.82) is 0 Å². The van der Waals surface area contributed by atoms with Crippen LogP contribution in [0, 0.1) is 0 Å². The quantitative estimate of drug-likeness (QED) is 0.395. The lowest BCUT2D eigenvalue weighted by Gasteiger charge is -2.13. The van der Waals surface area contributed by atoms with Gasteiger partial charge >= 0.3 is 11.9 Å². The number of nitrogens with two attached hydrogens (primary N) is 1.